The highest BCUT2D eigenvalue weighted by Crippen LogP contribution is 2.45. The average Bonchev–Trinajstić information content (AvgIpc) is 3.18. The standard InChI is InChI=1S/C24H21BrClFN2O4S/c1-28-23(30)24(17-4-8-19(27)9-5-17)14-16-12-20(25)21(13-22(16)33-24)29-34(31,32)11-10-15-2-6-18(26)7-3-15/h2-9,12-13,29H,10-11,14H2,1H3,(H,28,30). The van der Waals surface area contributed by atoms with E-state index in [9.17, 15) is 17.6 Å². The molecule has 0 fully saturated rings. The van der Waals surface area contributed by atoms with Crippen LogP contribution in [0.15, 0.2) is 65.1 Å². The number of carbonyl (C=O) groups is 1. The quantitative estimate of drug-likeness (QED) is 0.430. The van der Waals surface area contributed by atoms with Crippen LogP contribution in [0.2, 0.25) is 5.02 Å². The second-order valence-corrected chi connectivity index (χ2v) is 11.1. The molecule has 3 aromatic rings. The summed E-state index contributed by atoms with van der Waals surface area (Å²) in [5.74, 6) is -0.580. The van der Waals surface area contributed by atoms with Gasteiger partial charge in [0.2, 0.25) is 15.6 Å². The molecule has 2 N–H and O–H groups in total. The van der Waals surface area contributed by atoms with Crippen LogP contribution in [-0.4, -0.2) is 27.1 Å². The first-order chi connectivity index (χ1) is 16.1. The Kier molecular flexibility index (Phi) is 6.89. The Morgan fingerprint density at radius 2 is 1.82 bits per heavy atom. The molecule has 0 saturated heterocycles. The van der Waals surface area contributed by atoms with Crippen LogP contribution in [0.5, 0.6) is 5.75 Å². The first-order valence-electron chi connectivity index (χ1n) is 10.4. The second kappa shape index (κ2) is 9.56. The molecule has 0 radical (unpaired) electrons. The summed E-state index contributed by atoms with van der Waals surface area (Å²) in [4.78, 5) is 12.9. The molecule has 0 aromatic heterocycles. The molecule has 1 aliphatic heterocycles. The van der Waals surface area contributed by atoms with E-state index in [1.165, 1.54) is 31.3 Å². The Bertz CT molecular complexity index is 1330. The zero-order valence-electron chi connectivity index (χ0n) is 18.1. The van der Waals surface area contributed by atoms with E-state index >= 15 is 0 Å². The third kappa shape index (κ3) is 5.06. The molecule has 1 atom stereocenters. The van der Waals surface area contributed by atoms with E-state index in [1.807, 2.05) is 0 Å². The van der Waals surface area contributed by atoms with Gasteiger partial charge < -0.3 is 10.1 Å². The van der Waals surface area contributed by atoms with Crippen LogP contribution in [0.1, 0.15) is 16.7 Å². The highest BCUT2D eigenvalue weighted by molar-refractivity contribution is 9.10. The number of amides is 1. The van der Waals surface area contributed by atoms with E-state index in [-0.39, 0.29) is 12.2 Å². The zero-order chi connectivity index (χ0) is 24.5. The number of fused-ring (bicyclic) bond motifs is 1. The van der Waals surface area contributed by atoms with Gasteiger partial charge in [-0.25, -0.2) is 12.8 Å². The van der Waals surface area contributed by atoms with Crippen molar-refractivity contribution in [2.24, 2.45) is 0 Å². The van der Waals surface area contributed by atoms with Crippen molar-refractivity contribution in [1.82, 2.24) is 5.32 Å². The number of likely N-dealkylation sites (N-methyl/N-ethyl adjacent to an activating group) is 1. The summed E-state index contributed by atoms with van der Waals surface area (Å²) in [6, 6.07) is 15.8. The van der Waals surface area contributed by atoms with Crippen molar-refractivity contribution in [2.75, 3.05) is 17.5 Å². The molecule has 10 heteroatoms. The van der Waals surface area contributed by atoms with Crippen molar-refractivity contribution in [3.05, 3.63) is 92.7 Å². The van der Waals surface area contributed by atoms with Crippen LogP contribution in [0.4, 0.5) is 10.1 Å². The van der Waals surface area contributed by atoms with Gasteiger partial charge in [-0.1, -0.05) is 35.9 Å². The Hall–Kier alpha value is -2.62. The number of halogens is 3. The van der Waals surface area contributed by atoms with Gasteiger partial charge in [-0.2, -0.15) is 0 Å². The minimum absolute atomic E-state index is 0.128. The second-order valence-electron chi connectivity index (χ2n) is 7.93. The van der Waals surface area contributed by atoms with Gasteiger partial charge in [0.25, 0.3) is 5.91 Å². The van der Waals surface area contributed by atoms with Crippen LogP contribution in [-0.2, 0) is 33.3 Å². The van der Waals surface area contributed by atoms with Crippen molar-refractivity contribution >= 4 is 49.1 Å². The van der Waals surface area contributed by atoms with Crippen molar-refractivity contribution in [3.8, 4) is 5.75 Å². The van der Waals surface area contributed by atoms with E-state index in [4.69, 9.17) is 16.3 Å². The lowest BCUT2D eigenvalue weighted by molar-refractivity contribution is -0.135. The molecular formula is C24H21BrClFN2O4S. The van der Waals surface area contributed by atoms with Crippen LogP contribution >= 0.6 is 27.5 Å². The summed E-state index contributed by atoms with van der Waals surface area (Å²) in [6.45, 7) is 0. The predicted molar refractivity (Wildman–Crippen MR) is 133 cm³/mol. The molecule has 34 heavy (non-hydrogen) atoms. The fraction of sp³-hybridized carbons (Fsp3) is 0.208. The Morgan fingerprint density at radius 1 is 1.15 bits per heavy atom. The largest absolute Gasteiger partial charge is 0.472 e. The molecule has 6 nitrogen and oxygen atoms in total. The Balaban J connectivity index is 1.57. The topological polar surface area (TPSA) is 84.5 Å². The maximum absolute atomic E-state index is 13.5. The number of benzene rings is 3. The van der Waals surface area contributed by atoms with Crippen molar-refractivity contribution in [3.63, 3.8) is 0 Å². The molecule has 1 amide bonds. The molecule has 178 valence electrons. The van der Waals surface area contributed by atoms with Crippen LogP contribution in [0.25, 0.3) is 0 Å². The normalized spacial score (nSPS) is 17.1. The van der Waals surface area contributed by atoms with Crippen LogP contribution in [0.3, 0.4) is 0 Å². The molecule has 3 aromatic carbocycles. The van der Waals surface area contributed by atoms with Crippen molar-refractivity contribution < 1.29 is 22.3 Å². The third-order valence-electron chi connectivity index (χ3n) is 5.62. The van der Waals surface area contributed by atoms with Gasteiger partial charge in [0, 0.05) is 40.2 Å². The van der Waals surface area contributed by atoms with Crippen LogP contribution in [0, 0.1) is 5.82 Å². The lowest BCUT2D eigenvalue weighted by Gasteiger charge is -2.27. The number of hydrogen-bond acceptors (Lipinski definition) is 4. The van der Waals surface area contributed by atoms with Gasteiger partial charge in [0.1, 0.15) is 11.6 Å². The molecule has 0 spiro atoms. The molecule has 0 bridgehead atoms. The summed E-state index contributed by atoms with van der Waals surface area (Å²) in [5.41, 5.74) is 0.952. The van der Waals surface area contributed by atoms with Gasteiger partial charge in [-0.3, -0.25) is 9.52 Å². The lowest BCUT2D eigenvalue weighted by Crippen LogP contribution is -2.46. The van der Waals surface area contributed by atoms with Crippen LogP contribution < -0.4 is 14.8 Å². The molecule has 0 aliphatic carbocycles. The summed E-state index contributed by atoms with van der Waals surface area (Å²) >= 11 is 9.30. The number of carbonyl (C=O) groups excluding carboxylic acids is 1. The average molecular weight is 568 g/mol. The summed E-state index contributed by atoms with van der Waals surface area (Å²) in [6.07, 6.45) is 0.520. The third-order valence-corrected chi connectivity index (χ3v) is 7.80. The van der Waals surface area contributed by atoms with E-state index < -0.39 is 27.3 Å². The van der Waals surface area contributed by atoms with Gasteiger partial charge in [0.15, 0.2) is 0 Å². The SMILES string of the molecule is CNC(=O)C1(c2ccc(F)cc2)Cc2cc(Br)c(NS(=O)(=O)CCc3ccc(Cl)cc3)cc2O1. The molecule has 1 unspecified atom stereocenters. The summed E-state index contributed by atoms with van der Waals surface area (Å²) < 4.78 is 48.2. The van der Waals surface area contributed by atoms with Gasteiger partial charge >= 0.3 is 0 Å². The summed E-state index contributed by atoms with van der Waals surface area (Å²) in [5, 5.41) is 3.19. The van der Waals surface area contributed by atoms with E-state index in [2.05, 4.69) is 26.0 Å². The highest BCUT2D eigenvalue weighted by atomic mass is 79.9. The number of sulfonamides is 1. The molecule has 1 aliphatic rings. The maximum Gasteiger partial charge on any atom is 0.269 e. The Morgan fingerprint density at radius 3 is 2.47 bits per heavy atom. The predicted octanol–water partition coefficient (Wildman–Crippen LogP) is 4.80. The highest BCUT2D eigenvalue weighted by Gasteiger charge is 2.48. The molecular weight excluding hydrogens is 547 g/mol. The monoisotopic (exact) mass is 566 g/mol. The van der Waals surface area contributed by atoms with E-state index in [1.54, 1.807) is 36.4 Å². The number of rotatable bonds is 7. The van der Waals surface area contributed by atoms with Gasteiger partial charge in [-0.15, -0.1) is 0 Å². The maximum atomic E-state index is 13.5. The summed E-state index contributed by atoms with van der Waals surface area (Å²) in [7, 11) is -2.18. The first-order valence-corrected chi connectivity index (χ1v) is 13.2. The smallest absolute Gasteiger partial charge is 0.269 e. The number of hydrogen-bond donors (Lipinski definition) is 2. The number of aryl methyl sites for hydroxylation is 1. The lowest BCUT2D eigenvalue weighted by atomic mass is 9.88. The van der Waals surface area contributed by atoms with Gasteiger partial charge in [-0.05, 0) is 58.2 Å². The zero-order valence-corrected chi connectivity index (χ0v) is 21.2. The van der Waals surface area contributed by atoms with E-state index in [0.717, 1.165) is 5.56 Å². The molecule has 1 heterocycles. The fourth-order valence-electron chi connectivity index (χ4n) is 3.86. The molecule has 4 rings (SSSR count). The first kappa shape index (κ1) is 24.5. The minimum atomic E-state index is -3.68. The van der Waals surface area contributed by atoms with Crippen molar-refractivity contribution in [1.29, 1.82) is 0 Å². The molecule has 0 saturated carbocycles. The van der Waals surface area contributed by atoms with Crippen molar-refractivity contribution in [2.45, 2.75) is 18.4 Å². The minimum Gasteiger partial charge on any atom is -0.472 e. The van der Waals surface area contributed by atoms with Gasteiger partial charge in [0.05, 0.1) is 11.4 Å². The number of anilines is 1. The Labute approximate surface area is 210 Å². The van der Waals surface area contributed by atoms with E-state index in [0.29, 0.717) is 38.5 Å². The number of ether oxygens (including phenoxy) is 1. The fourth-order valence-corrected chi connectivity index (χ4v) is 5.72. The number of nitrogens with one attached hydrogen (secondary N) is 2.